The average molecular weight is 411 g/mol. The number of aliphatic hydroxyl groups excluding tert-OH is 1. The highest BCUT2D eigenvalue weighted by Gasteiger charge is 2.28. The van der Waals surface area contributed by atoms with Crippen molar-refractivity contribution in [1.82, 2.24) is 9.97 Å². The number of halogens is 2. The van der Waals surface area contributed by atoms with Crippen molar-refractivity contribution in [1.29, 1.82) is 0 Å². The van der Waals surface area contributed by atoms with Crippen molar-refractivity contribution in [2.75, 3.05) is 0 Å². The number of hydrogen-bond donors (Lipinski definition) is 2. The molecule has 1 amide bonds. The molecule has 0 unspecified atom stereocenters. The van der Waals surface area contributed by atoms with E-state index >= 15 is 0 Å². The molecule has 0 saturated heterocycles. The Kier molecular flexibility index (Phi) is 7.51. The Bertz CT molecular complexity index is 696. The highest BCUT2D eigenvalue weighted by molar-refractivity contribution is 5.93. The summed E-state index contributed by atoms with van der Waals surface area (Å²) < 4.78 is 29.3. The van der Waals surface area contributed by atoms with Crippen LogP contribution < -0.4 is 5.73 Å². The maximum absolute atomic E-state index is 12.4. The first-order chi connectivity index (χ1) is 13.8. The molecular formula is C21H31F2N3O3. The second kappa shape index (κ2) is 9.89. The van der Waals surface area contributed by atoms with E-state index in [9.17, 15) is 18.7 Å². The summed E-state index contributed by atoms with van der Waals surface area (Å²) in [6.07, 6.45) is 7.52. The third kappa shape index (κ3) is 6.15. The fraction of sp³-hybridized carbons (Fsp3) is 0.762. The quantitative estimate of drug-likeness (QED) is 0.718. The van der Waals surface area contributed by atoms with Crippen molar-refractivity contribution in [3.63, 3.8) is 0 Å². The Labute approximate surface area is 170 Å². The van der Waals surface area contributed by atoms with Gasteiger partial charge in [0, 0.05) is 12.6 Å². The van der Waals surface area contributed by atoms with Crippen LogP contribution in [0.1, 0.15) is 73.7 Å². The Hall–Kier alpha value is -1.67. The van der Waals surface area contributed by atoms with Gasteiger partial charge in [0.15, 0.2) is 0 Å². The molecule has 0 spiro atoms. The number of aliphatic hydroxyl groups is 1. The first kappa shape index (κ1) is 22.0. The van der Waals surface area contributed by atoms with Crippen molar-refractivity contribution in [3.05, 3.63) is 23.3 Å². The molecule has 1 aromatic heterocycles. The van der Waals surface area contributed by atoms with Crippen LogP contribution in [0, 0.1) is 17.8 Å². The number of ether oxygens (including phenoxy) is 1. The summed E-state index contributed by atoms with van der Waals surface area (Å²) in [5, 5.41) is 10.2. The molecule has 6 nitrogen and oxygen atoms in total. The standard InChI is InChI=1S/C21H31F2N3O3/c1-12-2-3-14(9-18(12)27)8-17-16(20(24)28)11-25-19(26-17)10-13-4-6-15(7-5-13)29-21(22)23/h11-15,18,21,27H,2-10H2,1H3,(H2,24,28)/t12-,13-,14+,15-,18-/m1/s1. The van der Waals surface area contributed by atoms with E-state index in [-0.39, 0.29) is 18.1 Å². The van der Waals surface area contributed by atoms with E-state index in [1.54, 1.807) is 0 Å². The Balaban J connectivity index is 1.63. The van der Waals surface area contributed by atoms with Crippen molar-refractivity contribution >= 4 is 5.91 Å². The van der Waals surface area contributed by atoms with Gasteiger partial charge < -0.3 is 15.6 Å². The molecule has 3 N–H and O–H groups in total. The fourth-order valence-corrected chi connectivity index (χ4v) is 4.64. The average Bonchev–Trinajstić information content (AvgIpc) is 2.66. The van der Waals surface area contributed by atoms with Gasteiger partial charge in [-0.05, 0) is 69.1 Å². The number of nitrogens with two attached hydrogens (primary N) is 1. The summed E-state index contributed by atoms with van der Waals surface area (Å²) in [5.41, 5.74) is 6.51. The lowest BCUT2D eigenvalue weighted by molar-refractivity contribution is -0.171. The van der Waals surface area contributed by atoms with Crippen LogP contribution in [0.25, 0.3) is 0 Å². The van der Waals surface area contributed by atoms with E-state index in [0.717, 1.165) is 25.7 Å². The SMILES string of the molecule is C[C@@H]1CC[C@@H](Cc2nc(C[C@H]3CC[C@H](OC(F)F)CC3)ncc2C(N)=O)C[C@H]1O. The van der Waals surface area contributed by atoms with Crippen LogP contribution in [-0.4, -0.2) is 39.8 Å². The Morgan fingerprint density at radius 2 is 1.90 bits per heavy atom. The van der Waals surface area contributed by atoms with Crippen LogP contribution in [-0.2, 0) is 17.6 Å². The number of amides is 1. The first-order valence-electron chi connectivity index (χ1n) is 10.6. The molecule has 1 heterocycles. The van der Waals surface area contributed by atoms with Gasteiger partial charge in [-0.15, -0.1) is 0 Å². The predicted octanol–water partition coefficient (Wildman–Crippen LogP) is 3.26. The Morgan fingerprint density at radius 3 is 2.52 bits per heavy atom. The lowest BCUT2D eigenvalue weighted by Gasteiger charge is -2.31. The molecule has 0 aromatic carbocycles. The van der Waals surface area contributed by atoms with E-state index in [4.69, 9.17) is 5.73 Å². The summed E-state index contributed by atoms with van der Waals surface area (Å²) in [4.78, 5) is 20.8. The number of primary amides is 1. The fourth-order valence-electron chi connectivity index (χ4n) is 4.64. The van der Waals surface area contributed by atoms with Gasteiger partial charge in [-0.2, -0.15) is 8.78 Å². The maximum atomic E-state index is 12.4. The van der Waals surface area contributed by atoms with E-state index in [0.29, 0.717) is 61.0 Å². The molecule has 3 atom stereocenters. The molecule has 2 aliphatic carbocycles. The third-order valence-corrected chi connectivity index (χ3v) is 6.49. The summed E-state index contributed by atoms with van der Waals surface area (Å²) in [6.45, 7) is -0.662. The number of hydrogen-bond acceptors (Lipinski definition) is 5. The molecule has 1 aromatic rings. The van der Waals surface area contributed by atoms with Gasteiger partial charge in [-0.3, -0.25) is 4.79 Å². The summed E-state index contributed by atoms with van der Waals surface area (Å²) in [6, 6.07) is 0. The summed E-state index contributed by atoms with van der Waals surface area (Å²) in [5.74, 6) is 1.00. The number of carbonyl (C=O) groups is 1. The Morgan fingerprint density at radius 1 is 1.21 bits per heavy atom. The zero-order chi connectivity index (χ0) is 21.0. The molecule has 0 bridgehead atoms. The van der Waals surface area contributed by atoms with Gasteiger partial charge in [0.2, 0.25) is 0 Å². The largest absolute Gasteiger partial charge is 0.393 e. The van der Waals surface area contributed by atoms with Gasteiger partial charge in [0.1, 0.15) is 5.82 Å². The van der Waals surface area contributed by atoms with E-state index in [2.05, 4.69) is 21.6 Å². The van der Waals surface area contributed by atoms with Gasteiger partial charge in [-0.1, -0.05) is 6.92 Å². The molecule has 8 heteroatoms. The molecule has 3 rings (SSSR count). The molecule has 29 heavy (non-hydrogen) atoms. The van der Waals surface area contributed by atoms with Gasteiger partial charge in [-0.25, -0.2) is 9.97 Å². The number of alkyl halides is 2. The predicted molar refractivity (Wildman–Crippen MR) is 103 cm³/mol. The first-order valence-corrected chi connectivity index (χ1v) is 10.6. The number of carbonyl (C=O) groups excluding carboxylic acids is 1. The molecule has 162 valence electrons. The monoisotopic (exact) mass is 411 g/mol. The number of nitrogens with zero attached hydrogens (tertiary/aromatic N) is 2. The highest BCUT2D eigenvalue weighted by Crippen LogP contribution is 2.32. The zero-order valence-electron chi connectivity index (χ0n) is 16.9. The molecule has 0 radical (unpaired) electrons. The lowest BCUT2D eigenvalue weighted by atomic mass is 9.78. The minimum Gasteiger partial charge on any atom is -0.393 e. The minimum atomic E-state index is -2.72. The topological polar surface area (TPSA) is 98.3 Å². The van der Waals surface area contributed by atoms with Gasteiger partial charge in [0.25, 0.3) is 5.91 Å². The van der Waals surface area contributed by atoms with Crippen LogP contribution in [0.3, 0.4) is 0 Å². The van der Waals surface area contributed by atoms with E-state index in [1.165, 1.54) is 6.20 Å². The molecule has 0 aliphatic heterocycles. The minimum absolute atomic E-state index is 0.268. The van der Waals surface area contributed by atoms with Crippen molar-refractivity contribution < 1.29 is 23.4 Å². The second-order valence-corrected chi connectivity index (χ2v) is 8.68. The number of aromatic nitrogens is 2. The van der Waals surface area contributed by atoms with Gasteiger partial charge in [0.05, 0.1) is 23.5 Å². The van der Waals surface area contributed by atoms with E-state index < -0.39 is 12.5 Å². The van der Waals surface area contributed by atoms with Crippen LogP contribution in [0.5, 0.6) is 0 Å². The molecule has 2 aliphatic rings. The summed E-state index contributed by atoms with van der Waals surface area (Å²) in [7, 11) is 0. The van der Waals surface area contributed by atoms with Crippen LogP contribution in [0.2, 0.25) is 0 Å². The van der Waals surface area contributed by atoms with Crippen LogP contribution in [0.4, 0.5) is 8.78 Å². The molecular weight excluding hydrogens is 380 g/mol. The highest BCUT2D eigenvalue weighted by atomic mass is 19.3. The molecule has 2 saturated carbocycles. The molecule has 2 fully saturated rings. The van der Waals surface area contributed by atoms with E-state index in [1.807, 2.05) is 0 Å². The summed E-state index contributed by atoms with van der Waals surface area (Å²) >= 11 is 0. The van der Waals surface area contributed by atoms with Gasteiger partial charge >= 0.3 is 6.61 Å². The van der Waals surface area contributed by atoms with Crippen LogP contribution in [0.15, 0.2) is 6.20 Å². The smallest absolute Gasteiger partial charge is 0.345 e. The second-order valence-electron chi connectivity index (χ2n) is 8.68. The lowest BCUT2D eigenvalue weighted by Crippen LogP contribution is -2.29. The normalized spacial score (nSPS) is 30.4. The van der Waals surface area contributed by atoms with Crippen molar-refractivity contribution in [2.24, 2.45) is 23.5 Å². The number of rotatable bonds is 7. The third-order valence-electron chi connectivity index (χ3n) is 6.49. The maximum Gasteiger partial charge on any atom is 0.345 e. The van der Waals surface area contributed by atoms with Crippen LogP contribution >= 0.6 is 0 Å². The van der Waals surface area contributed by atoms with Crippen molar-refractivity contribution in [2.45, 2.75) is 83.5 Å². The zero-order valence-corrected chi connectivity index (χ0v) is 16.9. The van der Waals surface area contributed by atoms with Crippen molar-refractivity contribution in [3.8, 4) is 0 Å².